The highest BCUT2D eigenvalue weighted by Gasteiger charge is 2.07. The zero-order chi connectivity index (χ0) is 12.7. The highest BCUT2D eigenvalue weighted by Crippen LogP contribution is 2.25. The molecule has 0 amide bonds. The molecule has 2 aromatic heterocycles. The Morgan fingerprint density at radius 2 is 2.35 bits per heavy atom. The number of nitrogens with one attached hydrogen (secondary N) is 2. The van der Waals surface area contributed by atoms with E-state index >= 15 is 0 Å². The minimum atomic E-state index is -0.897. The van der Waals surface area contributed by atoms with Crippen molar-refractivity contribution in [3.8, 4) is 10.4 Å². The average molecular weight is 253 g/mol. The summed E-state index contributed by atoms with van der Waals surface area (Å²) in [6, 6.07) is 1.64. The maximum Gasteiger partial charge on any atom is 0.336 e. The molecule has 0 spiro atoms. The van der Waals surface area contributed by atoms with E-state index in [2.05, 4.69) is 22.4 Å². The van der Waals surface area contributed by atoms with E-state index in [0.29, 0.717) is 5.56 Å². The summed E-state index contributed by atoms with van der Waals surface area (Å²) < 4.78 is 0. The van der Waals surface area contributed by atoms with Crippen molar-refractivity contribution in [2.75, 3.05) is 13.6 Å². The normalized spacial score (nSPS) is 9.53. The topological polar surface area (TPSA) is 78.0 Å². The fourth-order valence-electron chi connectivity index (χ4n) is 0.985. The third kappa shape index (κ3) is 4.01. The van der Waals surface area contributed by atoms with E-state index in [4.69, 9.17) is 5.11 Å². The summed E-state index contributed by atoms with van der Waals surface area (Å²) in [6.07, 6.45) is 3.40. The number of carbonyl (C=O) groups is 1. The Morgan fingerprint density at radius 3 is 2.76 bits per heavy atom. The van der Waals surface area contributed by atoms with Crippen molar-refractivity contribution in [3.63, 3.8) is 0 Å². The molecule has 0 saturated carbocycles. The summed E-state index contributed by atoms with van der Waals surface area (Å²) in [7, 11) is 1.93. The number of aromatic nitrogens is 2. The molecule has 0 bridgehead atoms. The molecular weight excluding hydrogens is 238 g/mol. The molecule has 6 heteroatoms. The summed E-state index contributed by atoms with van der Waals surface area (Å²) in [6.45, 7) is 3.14. The van der Waals surface area contributed by atoms with Crippen LogP contribution in [0.4, 0.5) is 0 Å². The summed E-state index contributed by atoms with van der Waals surface area (Å²) in [4.78, 5) is 11.5. The number of hydrogen-bond donors (Lipinski definition) is 3. The first-order valence-electron chi connectivity index (χ1n) is 5.14. The molecule has 0 radical (unpaired) electrons. The van der Waals surface area contributed by atoms with Crippen molar-refractivity contribution < 1.29 is 9.90 Å². The van der Waals surface area contributed by atoms with E-state index in [1.165, 1.54) is 11.3 Å². The molecule has 0 saturated heterocycles. The van der Waals surface area contributed by atoms with Crippen LogP contribution in [0.1, 0.15) is 17.3 Å². The number of carboxylic acids is 1. The molecule has 3 N–H and O–H groups in total. The van der Waals surface area contributed by atoms with Crippen LogP contribution in [0.3, 0.4) is 0 Å². The molecule has 92 valence electrons. The molecule has 0 aliphatic heterocycles. The third-order valence-electron chi connectivity index (χ3n) is 1.98. The largest absolute Gasteiger partial charge is 0.478 e. The van der Waals surface area contributed by atoms with Gasteiger partial charge in [0.2, 0.25) is 0 Å². The first-order valence-corrected chi connectivity index (χ1v) is 6.02. The Morgan fingerprint density at radius 1 is 1.65 bits per heavy atom. The van der Waals surface area contributed by atoms with Gasteiger partial charge >= 0.3 is 5.97 Å². The molecule has 0 unspecified atom stereocenters. The Balaban J connectivity index is 0.000000317. The molecule has 0 aliphatic carbocycles. The predicted molar refractivity (Wildman–Crippen MR) is 68.5 cm³/mol. The van der Waals surface area contributed by atoms with Gasteiger partial charge in [-0.1, -0.05) is 6.92 Å². The van der Waals surface area contributed by atoms with Gasteiger partial charge in [0.15, 0.2) is 0 Å². The molecule has 2 rings (SSSR count). The maximum absolute atomic E-state index is 10.6. The predicted octanol–water partition coefficient (Wildman–Crippen LogP) is 2.06. The smallest absolute Gasteiger partial charge is 0.336 e. The van der Waals surface area contributed by atoms with Crippen LogP contribution in [-0.4, -0.2) is 34.9 Å². The van der Waals surface area contributed by atoms with Gasteiger partial charge in [0, 0.05) is 22.0 Å². The summed E-state index contributed by atoms with van der Waals surface area (Å²) >= 11 is 1.39. The summed E-state index contributed by atoms with van der Waals surface area (Å²) in [5.41, 5.74) is 1.23. The van der Waals surface area contributed by atoms with Crippen molar-refractivity contribution in [1.82, 2.24) is 15.5 Å². The fourth-order valence-corrected chi connectivity index (χ4v) is 1.85. The van der Waals surface area contributed by atoms with Gasteiger partial charge < -0.3 is 10.4 Å². The monoisotopic (exact) mass is 253 g/mol. The molecule has 17 heavy (non-hydrogen) atoms. The van der Waals surface area contributed by atoms with Crippen LogP contribution in [-0.2, 0) is 0 Å². The lowest BCUT2D eigenvalue weighted by molar-refractivity contribution is 0.0697. The minimum Gasteiger partial charge on any atom is -0.478 e. The van der Waals surface area contributed by atoms with E-state index in [-0.39, 0.29) is 0 Å². The zero-order valence-corrected chi connectivity index (χ0v) is 10.5. The Hall–Kier alpha value is -1.66. The van der Waals surface area contributed by atoms with Crippen LogP contribution in [0.25, 0.3) is 10.4 Å². The fraction of sp³-hybridized carbons (Fsp3) is 0.273. The van der Waals surface area contributed by atoms with E-state index < -0.39 is 5.97 Å². The molecule has 0 fully saturated rings. The lowest BCUT2D eigenvalue weighted by atomic mass is 10.2. The Bertz CT molecular complexity index is 449. The molecule has 5 nitrogen and oxygen atoms in total. The molecular formula is C11H15N3O2S. The van der Waals surface area contributed by atoms with Gasteiger partial charge in [-0.25, -0.2) is 4.79 Å². The maximum atomic E-state index is 10.6. The number of rotatable bonds is 3. The van der Waals surface area contributed by atoms with Crippen molar-refractivity contribution in [2.45, 2.75) is 6.92 Å². The zero-order valence-electron chi connectivity index (χ0n) is 9.73. The second kappa shape index (κ2) is 6.82. The summed E-state index contributed by atoms with van der Waals surface area (Å²) in [5, 5.41) is 19.7. The van der Waals surface area contributed by atoms with Gasteiger partial charge in [0.25, 0.3) is 0 Å². The molecule has 2 aromatic rings. The van der Waals surface area contributed by atoms with Crippen LogP contribution >= 0.6 is 11.3 Å². The van der Waals surface area contributed by atoms with Crippen LogP contribution in [0, 0.1) is 0 Å². The quantitative estimate of drug-likeness (QED) is 0.782. The van der Waals surface area contributed by atoms with Crippen LogP contribution in [0.5, 0.6) is 0 Å². The number of aromatic carboxylic acids is 1. The number of nitrogens with zero attached hydrogens (tertiary/aromatic N) is 1. The molecule has 0 aromatic carbocycles. The second-order valence-electron chi connectivity index (χ2n) is 3.20. The summed E-state index contributed by atoms with van der Waals surface area (Å²) in [5.74, 6) is -0.897. The van der Waals surface area contributed by atoms with Crippen molar-refractivity contribution in [2.24, 2.45) is 0 Å². The molecule has 2 heterocycles. The van der Waals surface area contributed by atoms with Crippen molar-refractivity contribution in [3.05, 3.63) is 29.4 Å². The first-order chi connectivity index (χ1) is 8.19. The van der Waals surface area contributed by atoms with E-state index in [9.17, 15) is 4.79 Å². The van der Waals surface area contributed by atoms with Gasteiger partial charge in [0.1, 0.15) is 0 Å². The van der Waals surface area contributed by atoms with E-state index in [0.717, 1.165) is 17.0 Å². The first kappa shape index (κ1) is 13.4. The van der Waals surface area contributed by atoms with Gasteiger partial charge in [-0.2, -0.15) is 5.10 Å². The van der Waals surface area contributed by atoms with Gasteiger partial charge in [-0.15, -0.1) is 11.3 Å². The Labute approximate surface area is 103 Å². The number of carboxylic acid groups (broad SMARTS) is 1. The molecule has 0 aliphatic rings. The average Bonchev–Trinajstić information content (AvgIpc) is 2.99. The molecule has 0 atom stereocenters. The van der Waals surface area contributed by atoms with Crippen LogP contribution in [0.2, 0.25) is 0 Å². The number of H-pyrrole nitrogens is 1. The van der Waals surface area contributed by atoms with E-state index in [1.54, 1.807) is 23.8 Å². The second-order valence-corrected chi connectivity index (χ2v) is 4.11. The standard InChI is InChI=1S/C8H6N2O2S.C3H9N/c11-8(12)5-1-7(13-4-5)6-2-9-10-3-6;1-3-4-2/h1-4H,(H,9,10)(H,11,12);4H,3H2,1-2H3. The highest BCUT2D eigenvalue weighted by atomic mass is 32.1. The number of aromatic amines is 1. The van der Waals surface area contributed by atoms with Crippen molar-refractivity contribution in [1.29, 1.82) is 0 Å². The lowest BCUT2D eigenvalue weighted by Crippen LogP contribution is -2.01. The highest BCUT2D eigenvalue weighted by molar-refractivity contribution is 7.13. The lowest BCUT2D eigenvalue weighted by Gasteiger charge is -1.85. The van der Waals surface area contributed by atoms with Crippen LogP contribution < -0.4 is 5.32 Å². The number of thiophene rings is 1. The van der Waals surface area contributed by atoms with Crippen LogP contribution in [0.15, 0.2) is 23.8 Å². The van der Waals surface area contributed by atoms with Gasteiger partial charge in [-0.3, -0.25) is 5.10 Å². The number of hydrogen-bond acceptors (Lipinski definition) is 4. The van der Waals surface area contributed by atoms with Gasteiger partial charge in [0.05, 0.1) is 11.8 Å². The minimum absolute atomic E-state index is 0.321. The van der Waals surface area contributed by atoms with Crippen molar-refractivity contribution >= 4 is 17.3 Å². The Kier molecular flexibility index (Phi) is 5.38. The van der Waals surface area contributed by atoms with E-state index in [1.807, 2.05) is 7.05 Å². The third-order valence-corrected chi connectivity index (χ3v) is 2.96. The SMILES string of the molecule is CCNC.O=C(O)c1csc(-c2cn[nH]c2)c1. The van der Waals surface area contributed by atoms with Gasteiger partial charge in [-0.05, 0) is 19.7 Å².